The van der Waals surface area contributed by atoms with Gasteiger partial charge in [0.05, 0.1) is 20.1 Å². The molecule has 0 bridgehead atoms. The summed E-state index contributed by atoms with van der Waals surface area (Å²) < 4.78 is 31.2. The average molecular weight is 547 g/mol. The van der Waals surface area contributed by atoms with Crippen molar-refractivity contribution < 1.29 is 18.3 Å². The van der Waals surface area contributed by atoms with Crippen LogP contribution < -0.4 is 9.88 Å². The van der Waals surface area contributed by atoms with Crippen LogP contribution in [0.15, 0.2) is 23.1 Å². The zero-order valence-electron chi connectivity index (χ0n) is 22.4. The molecule has 1 aromatic heterocycles. The molecule has 1 saturated heterocycles. The predicted molar refractivity (Wildman–Crippen MR) is 149 cm³/mol. The highest BCUT2D eigenvalue weighted by molar-refractivity contribution is 7.89. The molecular weight excluding hydrogens is 508 g/mol. The average Bonchev–Trinajstić information content (AvgIpc) is 3.21. The molecule has 0 aliphatic carbocycles. The third kappa shape index (κ3) is 6.50. The first kappa shape index (κ1) is 27.9. The Morgan fingerprint density at radius 3 is 2.27 bits per heavy atom. The summed E-state index contributed by atoms with van der Waals surface area (Å²) in [5.41, 5.74) is 5.67. The molecule has 3 N–H and O–H groups in total. The highest BCUT2D eigenvalue weighted by atomic mass is 32.2. The SMILES string of the molecule is Cc1nc2cc(OC[C@H](O)CN3CCN(CCc4c(C)c(C)c(S(N)(=O)=O)c(C)c4C)CC3)ccc2s1. The molecule has 1 aliphatic heterocycles. The molecule has 37 heavy (non-hydrogen) atoms. The summed E-state index contributed by atoms with van der Waals surface area (Å²) in [5.74, 6) is 0.731. The Labute approximate surface area is 224 Å². The van der Waals surface area contributed by atoms with E-state index in [-0.39, 0.29) is 11.5 Å². The minimum atomic E-state index is -3.75. The van der Waals surface area contributed by atoms with Crippen molar-refractivity contribution >= 4 is 31.6 Å². The van der Waals surface area contributed by atoms with E-state index in [2.05, 4.69) is 14.8 Å². The summed E-state index contributed by atoms with van der Waals surface area (Å²) in [7, 11) is -3.75. The van der Waals surface area contributed by atoms with E-state index in [4.69, 9.17) is 9.88 Å². The van der Waals surface area contributed by atoms with Crippen LogP contribution in [0.3, 0.4) is 0 Å². The van der Waals surface area contributed by atoms with Crippen molar-refractivity contribution in [2.24, 2.45) is 5.14 Å². The molecule has 2 aromatic carbocycles. The normalized spacial score (nSPS) is 16.4. The number of aromatic nitrogens is 1. The lowest BCUT2D eigenvalue weighted by atomic mass is 9.92. The summed E-state index contributed by atoms with van der Waals surface area (Å²) in [6.07, 6.45) is 0.303. The number of aliphatic hydroxyl groups is 1. The number of primary sulfonamides is 1. The molecular formula is C27H38N4O4S2. The number of aliphatic hydroxyl groups excluding tert-OH is 1. The predicted octanol–water partition coefficient (Wildman–Crippen LogP) is 3.09. The summed E-state index contributed by atoms with van der Waals surface area (Å²) in [5, 5.41) is 17.1. The van der Waals surface area contributed by atoms with Gasteiger partial charge in [-0.2, -0.15) is 0 Å². The summed E-state index contributed by atoms with van der Waals surface area (Å²) in [4.78, 5) is 9.48. The molecule has 1 fully saturated rings. The van der Waals surface area contributed by atoms with Crippen molar-refractivity contribution in [1.29, 1.82) is 0 Å². The maximum absolute atomic E-state index is 12.1. The second-order valence-corrected chi connectivity index (χ2v) is 12.8. The Kier molecular flexibility index (Phi) is 8.57. The second kappa shape index (κ2) is 11.3. The first-order valence-electron chi connectivity index (χ1n) is 12.7. The number of thiazole rings is 1. The van der Waals surface area contributed by atoms with Crippen LogP contribution in [0.25, 0.3) is 10.2 Å². The van der Waals surface area contributed by atoms with E-state index in [0.717, 1.165) is 82.4 Å². The van der Waals surface area contributed by atoms with Crippen molar-refractivity contribution in [3.05, 3.63) is 51.0 Å². The van der Waals surface area contributed by atoms with Gasteiger partial charge in [-0.15, -0.1) is 11.3 Å². The molecule has 0 spiro atoms. The topological polar surface area (TPSA) is 109 Å². The first-order chi connectivity index (χ1) is 17.4. The molecule has 3 aromatic rings. The van der Waals surface area contributed by atoms with Crippen LogP contribution in [0.5, 0.6) is 5.75 Å². The number of ether oxygens (including phenoxy) is 1. The monoisotopic (exact) mass is 546 g/mol. The second-order valence-electron chi connectivity index (χ2n) is 10.1. The fraction of sp³-hybridized carbons (Fsp3) is 0.519. The molecule has 1 atom stereocenters. The maximum Gasteiger partial charge on any atom is 0.238 e. The molecule has 0 saturated carbocycles. The van der Waals surface area contributed by atoms with E-state index < -0.39 is 16.1 Å². The molecule has 1 aliphatic rings. The zero-order valence-corrected chi connectivity index (χ0v) is 24.0. The minimum Gasteiger partial charge on any atom is -0.491 e. The molecule has 2 heterocycles. The van der Waals surface area contributed by atoms with Crippen LogP contribution in [0.1, 0.15) is 32.8 Å². The Morgan fingerprint density at radius 1 is 1.03 bits per heavy atom. The summed E-state index contributed by atoms with van der Waals surface area (Å²) >= 11 is 1.66. The fourth-order valence-corrected chi connectivity index (χ4v) is 7.25. The number of benzene rings is 2. The van der Waals surface area contributed by atoms with Crippen molar-refractivity contribution in [2.75, 3.05) is 45.9 Å². The van der Waals surface area contributed by atoms with Crippen LogP contribution in [-0.2, 0) is 16.4 Å². The van der Waals surface area contributed by atoms with Crippen LogP contribution in [-0.4, -0.2) is 80.3 Å². The third-order valence-electron chi connectivity index (χ3n) is 7.52. The maximum atomic E-state index is 12.1. The van der Waals surface area contributed by atoms with E-state index in [9.17, 15) is 13.5 Å². The van der Waals surface area contributed by atoms with E-state index in [1.54, 1.807) is 11.3 Å². The Balaban J connectivity index is 1.25. The van der Waals surface area contributed by atoms with Gasteiger partial charge in [-0.05, 0) is 81.0 Å². The smallest absolute Gasteiger partial charge is 0.238 e. The molecule has 0 amide bonds. The van der Waals surface area contributed by atoms with Crippen LogP contribution in [0, 0.1) is 34.6 Å². The number of fused-ring (bicyclic) bond motifs is 1. The van der Waals surface area contributed by atoms with Crippen LogP contribution in [0.4, 0.5) is 0 Å². The molecule has 8 nitrogen and oxygen atoms in total. The van der Waals surface area contributed by atoms with E-state index in [0.29, 0.717) is 6.54 Å². The Hall–Kier alpha value is -2.08. The van der Waals surface area contributed by atoms with Crippen LogP contribution in [0.2, 0.25) is 0 Å². The number of β-amino-alcohol motifs (C(OH)–C–C–N with tert-alkyl or cyclic N) is 1. The van der Waals surface area contributed by atoms with Crippen molar-refractivity contribution in [3.8, 4) is 5.75 Å². The lowest BCUT2D eigenvalue weighted by Gasteiger charge is -2.35. The molecule has 0 radical (unpaired) electrons. The number of aryl methyl sites for hydroxylation is 1. The Bertz CT molecular complexity index is 1350. The lowest BCUT2D eigenvalue weighted by molar-refractivity contribution is 0.0463. The standard InChI is InChI=1S/C27H38N4O4S2/c1-17-19(3)27(37(28,33)34)20(4)18(2)24(17)8-9-30-10-12-31(13-11-30)15-22(32)16-35-23-6-7-26-25(14-23)29-21(5)36-26/h6-7,14,22,32H,8-13,15-16H2,1-5H3,(H2,28,33,34)/t22-/m1/s1. The summed E-state index contributed by atoms with van der Waals surface area (Å²) in [6, 6.07) is 5.88. The van der Waals surface area contributed by atoms with Gasteiger partial charge in [0, 0.05) is 45.3 Å². The fourth-order valence-electron chi connectivity index (χ4n) is 5.28. The van der Waals surface area contributed by atoms with Crippen LogP contribution >= 0.6 is 11.3 Å². The van der Waals surface area contributed by atoms with Gasteiger partial charge in [0.2, 0.25) is 10.0 Å². The van der Waals surface area contributed by atoms with Crippen molar-refractivity contribution in [3.63, 3.8) is 0 Å². The Morgan fingerprint density at radius 2 is 1.65 bits per heavy atom. The van der Waals surface area contributed by atoms with Crippen molar-refractivity contribution in [1.82, 2.24) is 14.8 Å². The van der Waals surface area contributed by atoms with E-state index in [1.807, 2.05) is 52.8 Å². The first-order valence-corrected chi connectivity index (χ1v) is 15.0. The van der Waals surface area contributed by atoms with Gasteiger partial charge in [-0.1, -0.05) is 0 Å². The van der Waals surface area contributed by atoms with Gasteiger partial charge in [-0.3, -0.25) is 4.90 Å². The lowest BCUT2D eigenvalue weighted by Crippen LogP contribution is -2.49. The molecule has 0 unspecified atom stereocenters. The number of nitrogens with two attached hydrogens (primary N) is 1. The molecule has 4 rings (SSSR count). The largest absolute Gasteiger partial charge is 0.491 e. The minimum absolute atomic E-state index is 0.251. The van der Waals surface area contributed by atoms with Gasteiger partial charge in [-0.25, -0.2) is 18.5 Å². The van der Waals surface area contributed by atoms with Crippen molar-refractivity contribution in [2.45, 2.75) is 52.0 Å². The van der Waals surface area contributed by atoms with Gasteiger partial charge in [0.25, 0.3) is 0 Å². The number of hydrogen-bond acceptors (Lipinski definition) is 8. The highest BCUT2D eigenvalue weighted by Crippen LogP contribution is 2.30. The molecule has 10 heteroatoms. The van der Waals surface area contributed by atoms with E-state index in [1.165, 1.54) is 5.56 Å². The van der Waals surface area contributed by atoms with Gasteiger partial charge in [0.1, 0.15) is 18.5 Å². The highest BCUT2D eigenvalue weighted by Gasteiger charge is 2.23. The van der Waals surface area contributed by atoms with Gasteiger partial charge in [0.15, 0.2) is 0 Å². The van der Waals surface area contributed by atoms with E-state index >= 15 is 0 Å². The quantitative estimate of drug-likeness (QED) is 0.425. The van der Waals surface area contributed by atoms with Gasteiger partial charge < -0.3 is 14.7 Å². The number of hydrogen-bond donors (Lipinski definition) is 2. The number of piperazine rings is 1. The number of sulfonamides is 1. The third-order valence-corrected chi connectivity index (χ3v) is 9.65. The number of nitrogens with zero attached hydrogens (tertiary/aromatic N) is 3. The summed E-state index contributed by atoms with van der Waals surface area (Å²) in [6.45, 7) is 15.0. The van der Waals surface area contributed by atoms with Gasteiger partial charge >= 0.3 is 0 Å². The number of rotatable bonds is 9. The zero-order chi connectivity index (χ0) is 26.9. The molecule has 202 valence electrons.